The number of anilines is 1. The third kappa shape index (κ3) is 2.34. The van der Waals surface area contributed by atoms with Gasteiger partial charge in [0.15, 0.2) is 5.65 Å². The maximum Gasteiger partial charge on any atom is 0.163 e. The quantitative estimate of drug-likeness (QED) is 0.533. The van der Waals surface area contributed by atoms with Gasteiger partial charge in [-0.15, -0.1) is 5.10 Å². The van der Waals surface area contributed by atoms with Crippen LogP contribution in [0.2, 0.25) is 0 Å². The Morgan fingerprint density at radius 1 is 1.21 bits per heavy atom. The van der Waals surface area contributed by atoms with Crippen molar-refractivity contribution in [3.63, 3.8) is 0 Å². The molecule has 0 fully saturated rings. The highest BCUT2D eigenvalue weighted by atomic mass is 16.3. The minimum absolute atomic E-state index is 0.0647. The van der Waals surface area contributed by atoms with Gasteiger partial charge in [0, 0.05) is 41.5 Å². The van der Waals surface area contributed by atoms with E-state index in [0.29, 0.717) is 11.5 Å². The lowest BCUT2D eigenvalue weighted by atomic mass is 9.96. The van der Waals surface area contributed by atoms with Gasteiger partial charge in [-0.2, -0.15) is 10.0 Å². The van der Waals surface area contributed by atoms with Crippen molar-refractivity contribution < 1.29 is 5.11 Å². The van der Waals surface area contributed by atoms with Crippen molar-refractivity contribution in [3.8, 4) is 16.9 Å². The third-order valence-corrected chi connectivity index (χ3v) is 5.09. The van der Waals surface area contributed by atoms with E-state index in [0.717, 1.165) is 33.3 Å². The number of nitrogens with zero attached hydrogens (tertiary/aromatic N) is 5. The van der Waals surface area contributed by atoms with Crippen LogP contribution in [0.5, 0.6) is 5.75 Å². The fourth-order valence-electron chi connectivity index (χ4n) is 3.87. The molecule has 0 amide bonds. The minimum Gasteiger partial charge on any atom is -0.508 e. The summed E-state index contributed by atoms with van der Waals surface area (Å²) in [6, 6.07) is 10.7. The van der Waals surface area contributed by atoms with Crippen LogP contribution in [0.25, 0.3) is 22.2 Å². The predicted molar refractivity (Wildman–Crippen MR) is 105 cm³/mol. The monoisotopic (exact) mass is 372 g/mol. The van der Waals surface area contributed by atoms with Gasteiger partial charge in [-0.05, 0) is 29.8 Å². The number of hydrogen-bond donors (Lipinski definition) is 2. The van der Waals surface area contributed by atoms with Crippen LogP contribution in [-0.2, 0) is 13.6 Å². The summed E-state index contributed by atoms with van der Waals surface area (Å²) in [5.41, 5.74) is 4.91. The average Bonchev–Trinajstić information content (AvgIpc) is 2.96. The lowest BCUT2D eigenvalue weighted by Crippen LogP contribution is -2.12. The van der Waals surface area contributed by atoms with Crippen molar-refractivity contribution in [3.05, 3.63) is 70.5 Å². The van der Waals surface area contributed by atoms with Gasteiger partial charge in [-0.3, -0.25) is 0 Å². The van der Waals surface area contributed by atoms with Gasteiger partial charge in [0.25, 0.3) is 0 Å². The van der Waals surface area contributed by atoms with E-state index in [4.69, 9.17) is 0 Å². The second-order valence-electron chi connectivity index (χ2n) is 6.77. The van der Waals surface area contributed by atoms with Gasteiger partial charge >= 0.3 is 0 Å². The molecular formula is C20H16N6O2. The molecule has 0 bridgehead atoms. The van der Waals surface area contributed by atoms with Crippen LogP contribution in [0.4, 0.5) is 5.82 Å². The van der Waals surface area contributed by atoms with Crippen LogP contribution in [-0.4, -0.2) is 24.9 Å². The number of aryl methyl sites for hydroxylation is 1. The molecule has 138 valence electrons. The molecule has 1 aromatic carbocycles. The Morgan fingerprint density at radius 2 is 2.04 bits per heavy atom. The molecule has 0 aliphatic carbocycles. The fourth-order valence-corrected chi connectivity index (χ4v) is 3.87. The normalized spacial score (nSPS) is 15.0. The molecule has 8 nitrogen and oxygen atoms in total. The summed E-state index contributed by atoms with van der Waals surface area (Å²) in [5.74, 6) is 0.903. The summed E-state index contributed by atoms with van der Waals surface area (Å²) >= 11 is 0. The number of fused-ring (bicyclic) bond motifs is 2. The molecule has 1 unspecified atom stereocenters. The SMILES string of the molecule is Cn1cc2c3c(c(CN=O)nnc31)-c1cccnc1NC2c1ccc(O)cc1. The average molecular weight is 372 g/mol. The Morgan fingerprint density at radius 3 is 2.82 bits per heavy atom. The number of phenols is 1. The van der Waals surface area contributed by atoms with Gasteiger partial charge in [0.1, 0.15) is 18.1 Å². The van der Waals surface area contributed by atoms with Crippen LogP contribution in [0.1, 0.15) is 22.9 Å². The molecule has 5 rings (SSSR count). The number of pyridine rings is 1. The highest BCUT2D eigenvalue weighted by Gasteiger charge is 2.30. The van der Waals surface area contributed by atoms with Crippen molar-refractivity contribution in [1.29, 1.82) is 0 Å². The summed E-state index contributed by atoms with van der Waals surface area (Å²) < 4.78 is 1.93. The molecule has 2 N–H and O–H groups in total. The Balaban J connectivity index is 1.88. The number of hydrogen-bond acceptors (Lipinski definition) is 7. The lowest BCUT2D eigenvalue weighted by Gasteiger charge is -2.18. The molecule has 4 heterocycles. The number of nitroso groups, excluding NO2 is 1. The van der Waals surface area contributed by atoms with Crippen LogP contribution in [0.15, 0.2) is 54.0 Å². The van der Waals surface area contributed by atoms with Crippen molar-refractivity contribution in [1.82, 2.24) is 19.7 Å². The standard InChI is InChI=1S/C20H16N6O2/c1-26-10-14-17-16(15(9-22-28)24-25-20(17)26)13-3-2-8-21-19(13)23-18(14)11-4-6-12(27)7-5-11/h2-8,10,18,27H,9H2,1H3,(H,21,23). The number of aromatic hydroxyl groups is 1. The second kappa shape index (κ2) is 6.12. The number of nitrogens with one attached hydrogen (secondary N) is 1. The summed E-state index contributed by atoms with van der Waals surface area (Å²) in [6.07, 6.45) is 3.73. The molecule has 0 saturated carbocycles. The minimum atomic E-state index is -0.208. The van der Waals surface area contributed by atoms with E-state index in [-0.39, 0.29) is 18.3 Å². The van der Waals surface area contributed by atoms with Gasteiger partial charge in [-0.25, -0.2) is 4.98 Å². The zero-order valence-electron chi connectivity index (χ0n) is 15.0. The second-order valence-corrected chi connectivity index (χ2v) is 6.77. The third-order valence-electron chi connectivity index (χ3n) is 5.09. The van der Waals surface area contributed by atoms with Gasteiger partial charge in [-0.1, -0.05) is 17.3 Å². The number of phenolic OH excluding ortho intramolecular Hbond substituents is 1. The first kappa shape index (κ1) is 16.4. The van der Waals surface area contributed by atoms with E-state index in [9.17, 15) is 10.0 Å². The Bertz CT molecular complexity index is 1220. The van der Waals surface area contributed by atoms with E-state index in [1.54, 1.807) is 18.3 Å². The van der Waals surface area contributed by atoms with Crippen LogP contribution < -0.4 is 5.32 Å². The fraction of sp³-hybridized carbons (Fsp3) is 0.150. The summed E-state index contributed by atoms with van der Waals surface area (Å²) in [4.78, 5) is 15.5. The highest BCUT2D eigenvalue weighted by Crippen LogP contribution is 2.44. The molecule has 0 spiro atoms. The first-order chi connectivity index (χ1) is 13.7. The molecule has 3 aromatic heterocycles. The zero-order chi connectivity index (χ0) is 19.3. The van der Waals surface area contributed by atoms with Crippen LogP contribution in [0.3, 0.4) is 0 Å². The summed E-state index contributed by atoms with van der Waals surface area (Å²) in [7, 11) is 1.92. The summed E-state index contributed by atoms with van der Waals surface area (Å²) in [6.45, 7) is -0.0647. The van der Waals surface area contributed by atoms with E-state index < -0.39 is 0 Å². The van der Waals surface area contributed by atoms with Crippen molar-refractivity contribution in [2.24, 2.45) is 12.2 Å². The zero-order valence-corrected chi connectivity index (χ0v) is 15.0. The van der Waals surface area contributed by atoms with Crippen LogP contribution >= 0.6 is 0 Å². The molecular weight excluding hydrogens is 356 g/mol. The Kier molecular flexibility index (Phi) is 3.58. The van der Waals surface area contributed by atoms with Crippen molar-refractivity contribution in [2.45, 2.75) is 12.6 Å². The molecule has 1 aliphatic rings. The molecule has 1 aliphatic heterocycles. The van der Waals surface area contributed by atoms with Gasteiger partial charge in [0.05, 0.1) is 11.7 Å². The predicted octanol–water partition coefficient (Wildman–Crippen LogP) is 3.52. The number of aromatic nitrogens is 4. The molecule has 4 aromatic rings. The molecule has 1 atom stereocenters. The molecule has 0 saturated heterocycles. The maximum absolute atomic E-state index is 11.0. The molecule has 8 heteroatoms. The van der Waals surface area contributed by atoms with Crippen LogP contribution in [0, 0.1) is 4.91 Å². The first-order valence-electron chi connectivity index (χ1n) is 8.82. The number of benzene rings is 1. The largest absolute Gasteiger partial charge is 0.508 e. The van der Waals surface area contributed by atoms with E-state index >= 15 is 0 Å². The Hall–Kier alpha value is -3.81. The number of rotatable bonds is 3. The Labute approximate surface area is 159 Å². The van der Waals surface area contributed by atoms with E-state index in [1.807, 2.05) is 42.1 Å². The molecule has 0 radical (unpaired) electrons. The maximum atomic E-state index is 11.0. The lowest BCUT2D eigenvalue weighted by molar-refractivity contribution is 0.475. The summed E-state index contributed by atoms with van der Waals surface area (Å²) in [5, 5.41) is 25.8. The van der Waals surface area contributed by atoms with Gasteiger partial charge in [0.2, 0.25) is 0 Å². The van der Waals surface area contributed by atoms with Crippen molar-refractivity contribution in [2.75, 3.05) is 5.32 Å². The van der Waals surface area contributed by atoms with E-state index in [1.165, 1.54) is 0 Å². The topological polar surface area (TPSA) is 105 Å². The van der Waals surface area contributed by atoms with Crippen molar-refractivity contribution >= 4 is 16.9 Å². The van der Waals surface area contributed by atoms with E-state index in [2.05, 4.69) is 25.7 Å². The molecule has 28 heavy (non-hydrogen) atoms. The highest BCUT2D eigenvalue weighted by molar-refractivity contribution is 6.01. The first-order valence-corrected chi connectivity index (χ1v) is 8.82. The smallest absolute Gasteiger partial charge is 0.163 e. The van der Waals surface area contributed by atoms with Gasteiger partial charge < -0.3 is 15.0 Å².